The van der Waals surface area contributed by atoms with Crippen molar-refractivity contribution in [2.45, 2.75) is 77.7 Å². The summed E-state index contributed by atoms with van der Waals surface area (Å²) in [7, 11) is 1.56. The van der Waals surface area contributed by atoms with E-state index < -0.39 is 17.7 Å². The third-order valence-corrected chi connectivity index (χ3v) is 4.06. The van der Waals surface area contributed by atoms with E-state index in [1.807, 2.05) is 6.08 Å². The average Bonchev–Trinajstić information content (AvgIpc) is 2.59. The molecule has 1 aliphatic rings. The van der Waals surface area contributed by atoms with Crippen LogP contribution in [-0.4, -0.2) is 54.6 Å². The number of carbonyl (C=O) groups excluding carboxylic acids is 3. The fourth-order valence-corrected chi connectivity index (χ4v) is 2.64. The van der Waals surface area contributed by atoms with Gasteiger partial charge in [-0.2, -0.15) is 0 Å². The lowest BCUT2D eigenvalue weighted by atomic mass is 10.1. The first-order valence-electron chi connectivity index (χ1n) is 10.3. The minimum absolute atomic E-state index is 0.0257. The molecule has 0 fully saturated rings. The number of hydrogen-bond acceptors (Lipinski definition) is 5. The van der Waals surface area contributed by atoms with Crippen molar-refractivity contribution in [1.29, 1.82) is 0 Å². The van der Waals surface area contributed by atoms with Crippen LogP contribution in [0.25, 0.3) is 0 Å². The van der Waals surface area contributed by atoms with Gasteiger partial charge in [0.25, 0.3) is 0 Å². The second-order valence-corrected chi connectivity index (χ2v) is 8.11. The highest BCUT2D eigenvalue weighted by Gasteiger charge is 2.20. The molecule has 1 N–H and O–H groups in total. The van der Waals surface area contributed by atoms with Crippen molar-refractivity contribution in [3.63, 3.8) is 0 Å². The Bertz CT molecular complexity index is 608. The van der Waals surface area contributed by atoms with E-state index in [-0.39, 0.29) is 25.0 Å². The number of carbonyl (C=O) groups is 3. The van der Waals surface area contributed by atoms with E-state index in [1.54, 1.807) is 27.8 Å². The topological polar surface area (TPSA) is 97.3 Å². The molecule has 29 heavy (non-hydrogen) atoms. The molecule has 8 nitrogen and oxygen atoms in total. The quantitative estimate of drug-likeness (QED) is 0.485. The zero-order valence-electron chi connectivity index (χ0n) is 18.2. The molecule has 0 aromatic rings. The van der Waals surface area contributed by atoms with Crippen molar-refractivity contribution in [2.24, 2.45) is 4.99 Å². The zero-order valence-corrected chi connectivity index (χ0v) is 18.2. The second-order valence-electron chi connectivity index (χ2n) is 8.11. The smallest absolute Gasteiger partial charge is 0.437 e. The van der Waals surface area contributed by atoms with Crippen LogP contribution in [0.5, 0.6) is 0 Å². The normalized spacial score (nSPS) is 21.5. The van der Waals surface area contributed by atoms with E-state index in [1.165, 1.54) is 4.90 Å². The van der Waals surface area contributed by atoms with Crippen LogP contribution in [0.15, 0.2) is 17.1 Å². The minimum atomic E-state index is -0.833. The maximum atomic E-state index is 12.3. The Morgan fingerprint density at radius 1 is 1.10 bits per heavy atom. The number of nitrogens with zero attached hydrogens (tertiary/aromatic N) is 2. The van der Waals surface area contributed by atoms with Crippen LogP contribution in [0.1, 0.15) is 72.1 Å². The predicted molar refractivity (Wildman–Crippen MR) is 111 cm³/mol. The molecule has 0 radical (unpaired) electrons. The Morgan fingerprint density at radius 2 is 1.76 bits per heavy atom. The highest BCUT2D eigenvalue weighted by molar-refractivity contribution is 6.01. The van der Waals surface area contributed by atoms with E-state index in [4.69, 9.17) is 9.47 Å². The number of amides is 2. The Morgan fingerprint density at radius 3 is 2.48 bits per heavy atom. The van der Waals surface area contributed by atoms with Crippen molar-refractivity contribution in [3.8, 4) is 0 Å². The van der Waals surface area contributed by atoms with Crippen molar-refractivity contribution in [2.75, 3.05) is 20.2 Å². The number of ether oxygens (including phenoxy) is 2. The van der Waals surface area contributed by atoms with Gasteiger partial charge in [0, 0.05) is 13.5 Å². The molecule has 0 bridgehead atoms. The SMILES string of the molecule is CN1CC(=O)OCC/C=C/CCCCCCCC(=O)NC1=NC(=O)OC(C)(C)C. The molecule has 0 aliphatic carbocycles. The molecular formula is C21H35N3O5. The van der Waals surface area contributed by atoms with Crippen molar-refractivity contribution in [3.05, 3.63) is 12.2 Å². The number of cyclic esters (lactones) is 1. The van der Waals surface area contributed by atoms with Crippen LogP contribution in [-0.2, 0) is 19.1 Å². The molecule has 0 saturated carbocycles. The van der Waals surface area contributed by atoms with Gasteiger partial charge in [-0.3, -0.25) is 14.9 Å². The average molecular weight is 410 g/mol. The monoisotopic (exact) mass is 409 g/mol. The number of likely N-dealkylation sites (N-methyl/N-ethyl adjacent to an activating group) is 1. The second kappa shape index (κ2) is 13.0. The summed E-state index contributed by atoms with van der Waals surface area (Å²) in [6.45, 7) is 5.31. The molecule has 1 aliphatic heterocycles. The van der Waals surface area contributed by atoms with E-state index in [9.17, 15) is 14.4 Å². The molecule has 0 atom stereocenters. The van der Waals surface area contributed by atoms with Gasteiger partial charge in [0.2, 0.25) is 11.9 Å². The first-order chi connectivity index (χ1) is 13.7. The van der Waals surface area contributed by atoms with Crippen LogP contribution in [0.3, 0.4) is 0 Å². The summed E-state index contributed by atoms with van der Waals surface area (Å²) in [6, 6.07) is 0. The summed E-state index contributed by atoms with van der Waals surface area (Å²) >= 11 is 0. The number of esters is 1. The van der Waals surface area contributed by atoms with Gasteiger partial charge in [0.05, 0.1) is 6.61 Å². The maximum Gasteiger partial charge on any atom is 0.437 e. The molecule has 1 rings (SSSR count). The van der Waals surface area contributed by atoms with Gasteiger partial charge in [0.1, 0.15) is 12.1 Å². The number of allylic oxidation sites excluding steroid dienone is 1. The van der Waals surface area contributed by atoms with Gasteiger partial charge < -0.3 is 14.4 Å². The first kappa shape index (κ1) is 24.7. The van der Waals surface area contributed by atoms with Crippen LogP contribution < -0.4 is 5.32 Å². The van der Waals surface area contributed by atoms with Crippen LogP contribution in [0.4, 0.5) is 4.79 Å². The summed E-state index contributed by atoms with van der Waals surface area (Å²) in [6.07, 6.45) is 10.3. The Hall–Kier alpha value is -2.38. The lowest BCUT2D eigenvalue weighted by Gasteiger charge is -2.22. The molecule has 1 heterocycles. The molecule has 0 spiro atoms. The number of hydrogen-bond donors (Lipinski definition) is 1. The van der Waals surface area contributed by atoms with Gasteiger partial charge >= 0.3 is 12.1 Å². The summed E-state index contributed by atoms with van der Waals surface area (Å²) in [5.74, 6) is -0.744. The highest BCUT2D eigenvalue weighted by Crippen LogP contribution is 2.10. The fraction of sp³-hybridized carbons (Fsp3) is 0.714. The van der Waals surface area contributed by atoms with Gasteiger partial charge in [-0.05, 0) is 46.5 Å². The summed E-state index contributed by atoms with van der Waals surface area (Å²) in [4.78, 5) is 41.6. The number of rotatable bonds is 0. The van der Waals surface area contributed by atoms with Gasteiger partial charge in [0.15, 0.2) is 0 Å². The van der Waals surface area contributed by atoms with Crippen molar-refractivity contribution >= 4 is 23.9 Å². The number of aliphatic imine (C=N–C) groups is 1. The van der Waals surface area contributed by atoms with E-state index in [0.29, 0.717) is 12.8 Å². The fourth-order valence-electron chi connectivity index (χ4n) is 2.64. The Labute approximate surface area is 173 Å². The molecular weight excluding hydrogens is 374 g/mol. The van der Waals surface area contributed by atoms with E-state index in [2.05, 4.69) is 16.4 Å². The van der Waals surface area contributed by atoms with Gasteiger partial charge in [-0.1, -0.05) is 31.4 Å². The molecule has 0 aromatic carbocycles. The van der Waals surface area contributed by atoms with E-state index >= 15 is 0 Å². The molecule has 0 saturated heterocycles. The van der Waals surface area contributed by atoms with Crippen LogP contribution >= 0.6 is 0 Å². The Balaban J connectivity index is 2.85. The Kier molecular flexibility index (Phi) is 11.0. The largest absolute Gasteiger partial charge is 0.464 e. The standard InChI is InChI=1S/C21H35N3O5/c1-21(2,3)29-20(27)23-19-22-17(25)14-12-10-8-6-5-7-9-11-13-15-28-18(26)16-24(19)4/h9,11H,5-8,10,12-16H2,1-4H3,(H,22,23,25,27)/b11-9+. The van der Waals surface area contributed by atoms with Crippen LogP contribution in [0, 0.1) is 0 Å². The first-order valence-corrected chi connectivity index (χ1v) is 10.3. The minimum Gasteiger partial charge on any atom is -0.464 e. The summed E-state index contributed by atoms with van der Waals surface area (Å²) in [5.41, 5.74) is -0.717. The van der Waals surface area contributed by atoms with Gasteiger partial charge in [-0.25, -0.2) is 4.79 Å². The van der Waals surface area contributed by atoms with Crippen molar-refractivity contribution < 1.29 is 23.9 Å². The van der Waals surface area contributed by atoms with Crippen LogP contribution in [0.2, 0.25) is 0 Å². The van der Waals surface area contributed by atoms with Gasteiger partial charge in [-0.15, -0.1) is 4.99 Å². The molecule has 0 unspecified atom stereocenters. The predicted octanol–water partition coefficient (Wildman–Crippen LogP) is 3.56. The molecule has 164 valence electrons. The zero-order chi connectivity index (χ0) is 21.7. The third kappa shape index (κ3) is 12.6. The summed E-state index contributed by atoms with van der Waals surface area (Å²) < 4.78 is 10.4. The molecule has 0 aromatic heterocycles. The summed E-state index contributed by atoms with van der Waals surface area (Å²) in [5, 5.41) is 2.63. The lowest BCUT2D eigenvalue weighted by molar-refractivity contribution is -0.143. The highest BCUT2D eigenvalue weighted by atomic mass is 16.6. The number of guanidine groups is 1. The van der Waals surface area contributed by atoms with E-state index in [0.717, 1.165) is 38.5 Å². The molecule has 8 heteroatoms. The maximum absolute atomic E-state index is 12.3. The lowest BCUT2D eigenvalue weighted by Crippen LogP contribution is -2.45. The molecule has 2 amide bonds. The number of nitrogens with one attached hydrogen (secondary N) is 1. The third-order valence-electron chi connectivity index (χ3n) is 4.06. The van der Waals surface area contributed by atoms with Crippen molar-refractivity contribution in [1.82, 2.24) is 10.2 Å².